The Morgan fingerprint density at radius 3 is 2.63 bits per heavy atom. The molecule has 0 aliphatic carbocycles. The smallest absolute Gasteiger partial charge is 0.269 e. The molecule has 7 heteroatoms. The number of amides is 1. The number of aryl methyl sites for hydroxylation is 1. The van der Waals surface area contributed by atoms with Crippen molar-refractivity contribution in [1.29, 1.82) is 5.26 Å². The standard InChI is InChI=1S/C23H19N3O4/c1-14-12-17(29-23-16(13-24)6-5-11-25-23)9-10-18(14)26-22(27)21-15(2)28-19-7-3-4-8-20(19)30-21/h3-12,15,21H,1-2H3,(H,26,27)/t15-,21+/m0/s1. The first-order chi connectivity index (χ1) is 14.5. The Labute approximate surface area is 173 Å². The molecule has 2 atom stereocenters. The fourth-order valence-electron chi connectivity index (χ4n) is 3.12. The van der Waals surface area contributed by atoms with Gasteiger partial charge in [-0.2, -0.15) is 5.26 Å². The molecule has 30 heavy (non-hydrogen) atoms. The van der Waals surface area contributed by atoms with E-state index in [1.165, 1.54) is 0 Å². The molecule has 3 aromatic rings. The van der Waals surface area contributed by atoms with Crippen LogP contribution in [0, 0.1) is 18.3 Å². The van der Waals surface area contributed by atoms with E-state index >= 15 is 0 Å². The summed E-state index contributed by atoms with van der Waals surface area (Å²) in [6, 6.07) is 17.8. The quantitative estimate of drug-likeness (QED) is 0.703. The number of ether oxygens (including phenoxy) is 3. The topological polar surface area (TPSA) is 93.5 Å². The molecule has 1 aliphatic heterocycles. The van der Waals surface area contributed by atoms with Gasteiger partial charge in [-0.15, -0.1) is 0 Å². The number of rotatable bonds is 4. The minimum Gasteiger partial charge on any atom is -0.482 e. The van der Waals surface area contributed by atoms with E-state index in [1.807, 2.05) is 31.2 Å². The van der Waals surface area contributed by atoms with Crippen molar-refractivity contribution in [1.82, 2.24) is 4.98 Å². The molecule has 0 unspecified atom stereocenters. The predicted molar refractivity (Wildman–Crippen MR) is 110 cm³/mol. The summed E-state index contributed by atoms with van der Waals surface area (Å²) in [6.45, 7) is 3.65. The van der Waals surface area contributed by atoms with Gasteiger partial charge in [0.15, 0.2) is 11.5 Å². The zero-order valence-corrected chi connectivity index (χ0v) is 16.5. The molecule has 2 aromatic carbocycles. The van der Waals surface area contributed by atoms with Crippen LogP contribution in [0.3, 0.4) is 0 Å². The van der Waals surface area contributed by atoms with Crippen molar-refractivity contribution >= 4 is 11.6 Å². The second-order valence-corrected chi connectivity index (χ2v) is 6.84. The Bertz CT molecular complexity index is 1140. The predicted octanol–water partition coefficient (Wildman–Crippen LogP) is 4.22. The molecule has 0 bridgehead atoms. The normalized spacial score (nSPS) is 17.0. The van der Waals surface area contributed by atoms with Crippen LogP contribution in [0.25, 0.3) is 0 Å². The van der Waals surface area contributed by atoms with Crippen molar-refractivity contribution in [3.63, 3.8) is 0 Å². The number of anilines is 1. The molecule has 0 saturated heterocycles. The van der Waals surface area contributed by atoms with Crippen molar-refractivity contribution in [2.45, 2.75) is 26.1 Å². The maximum Gasteiger partial charge on any atom is 0.269 e. The summed E-state index contributed by atoms with van der Waals surface area (Å²) in [5.41, 5.74) is 1.76. The van der Waals surface area contributed by atoms with Gasteiger partial charge >= 0.3 is 0 Å². The second-order valence-electron chi connectivity index (χ2n) is 6.84. The highest BCUT2D eigenvalue weighted by atomic mass is 16.6. The Morgan fingerprint density at radius 1 is 1.13 bits per heavy atom. The highest BCUT2D eigenvalue weighted by Crippen LogP contribution is 2.34. The van der Waals surface area contributed by atoms with Gasteiger partial charge in [-0.25, -0.2) is 4.98 Å². The molecule has 2 heterocycles. The highest BCUT2D eigenvalue weighted by molar-refractivity contribution is 5.95. The summed E-state index contributed by atoms with van der Waals surface area (Å²) in [7, 11) is 0. The van der Waals surface area contributed by atoms with E-state index in [0.717, 1.165) is 5.56 Å². The molecule has 4 rings (SSSR count). The lowest BCUT2D eigenvalue weighted by molar-refractivity contribution is -0.128. The van der Waals surface area contributed by atoms with Crippen LogP contribution in [0.15, 0.2) is 60.8 Å². The molecule has 150 valence electrons. The summed E-state index contributed by atoms with van der Waals surface area (Å²) < 4.78 is 17.4. The molecule has 1 aliphatic rings. The summed E-state index contributed by atoms with van der Waals surface area (Å²) in [6.07, 6.45) is 0.349. The minimum atomic E-state index is -0.776. The number of pyridine rings is 1. The molecule has 1 amide bonds. The molecule has 1 N–H and O–H groups in total. The molecule has 0 fully saturated rings. The van der Waals surface area contributed by atoms with Gasteiger partial charge in [-0.3, -0.25) is 4.79 Å². The molecule has 0 spiro atoms. The first-order valence-corrected chi connectivity index (χ1v) is 9.42. The van der Waals surface area contributed by atoms with Crippen molar-refractivity contribution < 1.29 is 19.0 Å². The highest BCUT2D eigenvalue weighted by Gasteiger charge is 2.34. The number of hydrogen-bond donors (Lipinski definition) is 1. The van der Waals surface area contributed by atoms with E-state index in [4.69, 9.17) is 19.5 Å². The number of benzene rings is 2. The lowest BCUT2D eigenvalue weighted by Gasteiger charge is -2.31. The summed E-state index contributed by atoms with van der Waals surface area (Å²) in [4.78, 5) is 16.9. The zero-order valence-electron chi connectivity index (χ0n) is 16.5. The van der Waals surface area contributed by atoms with E-state index in [2.05, 4.69) is 10.3 Å². The number of para-hydroxylation sites is 2. The fraction of sp³-hybridized carbons (Fsp3) is 0.174. The second kappa shape index (κ2) is 8.13. The molecule has 7 nitrogen and oxygen atoms in total. The van der Waals surface area contributed by atoms with Gasteiger partial charge in [0.25, 0.3) is 5.91 Å². The third kappa shape index (κ3) is 3.89. The summed E-state index contributed by atoms with van der Waals surface area (Å²) in [5.74, 6) is 1.61. The molecular formula is C23H19N3O4. The summed E-state index contributed by atoms with van der Waals surface area (Å²) in [5, 5.41) is 12.0. The average Bonchev–Trinajstić information content (AvgIpc) is 2.75. The zero-order chi connectivity index (χ0) is 21.1. The Morgan fingerprint density at radius 2 is 1.90 bits per heavy atom. The van der Waals surface area contributed by atoms with Crippen molar-refractivity contribution in [3.05, 3.63) is 71.9 Å². The van der Waals surface area contributed by atoms with Gasteiger partial charge in [0, 0.05) is 11.9 Å². The molecule has 0 radical (unpaired) electrons. The largest absolute Gasteiger partial charge is 0.482 e. The first kappa shape index (κ1) is 19.3. The lowest BCUT2D eigenvalue weighted by Crippen LogP contribution is -2.46. The number of nitrogens with zero attached hydrogens (tertiary/aromatic N) is 2. The van der Waals surface area contributed by atoms with Gasteiger partial charge in [0.05, 0.1) is 0 Å². The van der Waals surface area contributed by atoms with Crippen molar-refractivity contribution in [3.8, 4) is 29.2 Å². The number of nitriles is 1. The Kier molecular flexibility index (Phi) is 5.22. The van der Waals surface area contributed by atoms with Crippen LogP contribution < -0.4 is 19.5 Å². The van der Waals surface area contributed by atoms with Gasteiger partial charge < -0.3 is 19.5 Å². The lowest BCUT2D eigenvalue weighted by atomic mass is 10.1. The van der Waals surface area contributed by atoms with Gasteiger partial charge in [-0.1, -0.05) is 12.1 Å². The summed E-state index contributed by atoms with van der Waals surface area (Å²) >= 11 is 0. The van der Waals surface area contributed by atoms with Crippen LogP contribution in [0.1, 0.15) is 18.1 Å². The average molecular weight is 401 g/mol. The van der Waals surface area contributed by atoms with Crippen molar-refractivity contribution in [2.75, 3.05) is 5.32 Å². The van der Waals surface area contributed by atoms with E-state index < -0.39 is 12.2 Å². The van der Waals surface area contributed by atoms with Gasteiger partial charge in [0.1, 0.15) is 23.5 Å². The number of carbonyl (C=O) groups is 1. The van der Waals surface area contributed by atoms with E-state index in [-0.39, 0.29) is 11.8 Å². The Balaban J connectivity index is 1.48. The minimum absolute atomic E-state index is 0.233. The molecular weight excluding hydrogens is 382 g/mol. The Hall–Kier alpha value is -4.05. The maximum absolute atomic E-state index is 12.8. The maximum atomic E-state index is 12.8. The number of hydrogen-bond acceptors (Lipinski definition) is 6. The number of aromatic nitrogens is 1. The number of fused-ring (bicyclic) bond motifs is 1. The number of carbonyl (C=O) groups excluding carboxylic acids is 1. The van der Waals surface area contributed by atoms with E-state index in [0.29, 0.717) is 28.5 Å². The molecule has 1 aromatic heterocycles. The van der Waals surface area contributed by atoms with Crippen LogP contribution >= 0.6 is 0 Å². The third-order valence-electron chi connectivity index (χ3n) is 4.66. The van der Waals surface area contributed by atoms with E-state index in [1.54, 1.807) is 49.5 Å². The van der Waals surface area contributed by atoms with Crippen LogP contribution in [0.2, 0.25) is 0 Å². The fourth-order valence-corrected chi connectivity index (χ4v) is 3.12. The van der Waals surface area contributed by atoms with Crippen LogP contribution in [0.5, 0.6) is 23.1 Å². The number of nitrogens with one attached hydrogen (secondary N) is 1. The van der Waals surface area contributed by atoms with Gasteiger partial charge in [0.2, 0.25) is 12.0 Å². The van der Waals surface area contributed by atoms with Gasteiger partial charge in [-0.05, 0) is 61.9 Å². The molecule has 0 saturated carbocycles. The van der Waals surface area contributed by atoms with Crippen molar-refractivity contribution in [2.24, 2.45) is 0 Å². The van der Waals surface area contributed by atoms with Crippen LogP contribution in [-0.2, 0) is 4.79 Å². The van der Waals surface area contributed by atoms with Crippen LogP contribution in [-0.4, -0.2) is 23.1 Å². The monoisotopic (exact) mass is 401 g/mol. The SMILES string of the molecule is Cc1cc(Oc2ncccc2C#N)ccc1NC(=O)[C@@H]1Oc2ccccc2O[C@H]1C. The van der Waals surface area contributed by atoms with E-state index in [9.17, 15) is 4.79 Å². The first-order valence-electron chi connectivity index (χ1n) is 9.42. The third-order valence-corrected chi connectivity index (χ3v) is 4.66. The van der Waals surface area contributed by atoms with Crippen LogP contribution in [0.4, 0.5) is 5.69 Å².